The van der Waals surface area contributed by atoms with Crippen LogP contribution in [-0.2, 0) is 11.2 Å². The minimum Gasteiger partial charge on any atom is -0.481 e. The van der Waals surface area contributed by atoms with E-state index in [1.807, 2.05) is 12.1 Å². The van der Waals surface area contributed by atoms with Gasteiger partial charge in [0.25, 0.3) is 5.91 Å². The second kappa shape index (κ2) is 9.42. The highest BCUT2D eigenvalue weighted by atomic mass is 16.5. The number of benzene rings is 1. The maximum absolute atomic E-state index is 12.1. The van der Waals surface area contributed by atoms with Gasteiger partial charge in [-0.25, -0.2) is 14.8 Å². The average Bonchev–Trinajstić information content (AvgIpc) is 3.25. The molecule has 1 fully saturated rings. The highest BCUT2D eigenvalue weighted by Gasteiger charge is 2.34. The molecule has 4 N–H and O–H groups in total. The number of oxazole rings is 1. The number of carbonyl (C=O) groups excluding carboxylic acids is 1. The lowest BCUT2D eigenvalue weighted by molar-refractivity contribution is -0.144. The number of nitrogens with zero attached hydrogens (tertiary/aromatic N) is 3. The number of methoxy groups -OCH3 is 1. The molecule has 5 rings (SSSR count). The molecule has 0 bridgehead atoms. The maximum atomic E-state index is 12.1. The van der Waals surface area contributed by atoms with Crippen LogP contribution in [-0.4, -0.2) is 57.0 Å². The molecule has 1 amide bonds. The van der Waals surface area contributed by atoms with E-state index in [-0.39, 0.29) is 11.7 Å². The third-order valence-corrected chi connectivity index (χ3v) is 6.71. The summed E-state index contributed by atoms with van der Waals surface area (Å²) in [5.41, 5.74) is 9.48. The normalized spacial score (nSPS) is 18.5. The lowest BCUT2D eigenvalue weighted by Crippen LogP contribution is -2.40. The summed E-state index contributed by atoms with van der Waals surface area (Å²) in [4.78, 5) is 49.2. The maximum Gasteiger partial charge on any atom is 0.417 e. The fourth-order valence-corrected chi connectivity index (χ4v) is 4.87. The molecule has 1 saturated heterocycles. The zero-order valence-corrected chi connectivity index (χ0v) is 19.6. The largest absolute Gasteiger partial charge is 0.481 e. The molecule has 3 aromatic heterocycles. The van der Waals surface area contributed by atoms with Crippen molar-refractivity contribution in [1.82, 2.24) is 19.9 Å². The van der Waals surface area contributed by atoms with Crippen LogP contribution in [0.3, 0.4) is 0 Å². The van der Waals surface area contributed by atoms with Crippen LogP contribution in [0.5, 0.6) is 5.88 Å². The molecule has 2 unspecified atom stereocenters. The van der Waals surface area contributed by atoms with Crippen molar-refractivity contribution in [3.05, 3.63) is 63.8 Å². The van der Waals surface area contributed by atoms with Gasteiger partial charge in [0, 0.05) is 18.7 Å². The Balaban J connectivity index is 1.53. The number of H-pyrrole nitrogens is 1. The van der Waals surface area contributed by atoms with E-state index in [4.69, 9.17) is 14.9 Å². The number of nitrogens with one attached hydrogen (secondary N) is 1. The van der Waals surface area contributed by atoms with Gasteiger partial charge >= 0.3 is 11.7 Å². The van der Waals surface area contributed by atoms with E-state index in [9.17, 15) is 19.5 Å². The van der Waals surface area contributed by atoms with Crippen LogP contribution in [0, 0.1) is 5.92 Å². The number of aromatic amines is 1. The Kier molecular flexibility index (Phi) is 6.15. The fraction of sp³-hybridized carbons (Fsp3) is 0.320. The SMILES string of the molecule is COc1ccc2nc(C(N)=O)cc(C3CC(C(=O)O)CCN3CCc3ccc4oc(=O)[nH]c4c3)c2n1. The van der Waals surface area contributed by atoms with Gasteiger partial charge in [-0.05, 0) is 61.2 Å². The van der Waals surface area contributed by atoms with Gasteiger partial charge in [-0.1, -0.05) is 6.07 Å². The summed E-state index contributed by atoms with van der Waals surface area (Å²) in [6.45, 7) is 1.16. The number of carboxylic acids is 1. The Hall–Kier alpha value is -4.25. The molecule has 0 spiro atoms. The third-order valence-electron chi connectivity index (χ3n) is 6.71. The number of aliphatic carboxylic acids is 1. The first-order valence-electron chi connectivity index (χ1n) is 11.6. The van der Waals surface area contributed by atoms with Crippen molar-refractivity contribution < 1.29 is 23.8 Å². The van der Waals surface area contributed by atoms with E-state index in [1.54, 1.807) is 24.3 Å². The van der Waals surface area contributed by atoms with Gasteiger partial charge in [-0.3, -0.25) is 19.5 Å². The number of primary amides is 1. The Morgan fingerprint density at radius 3 is 2.83 bits per heavy atom. The number of likely N-dealkylation sites (tertiary alicyclic amines) is 1. The molecule has 1 aliphatic rings. The van der Waals surface area contributed by atoms with Crippen LogP contribution in [0.4, 0.5) is 0 Å². The van der Waals surface area contributed by atoms with Crippen molar-refractivity contribution in [3.8, 4) is 5.88 Å². The summed E-state index contributed by atoms with van der Waals surface area (Å²) < 4.78 is 10.4. The van der Waals surface area contributed by atoms with Crippen molar-refractivity contribution in [1.29, 1.82) is 0 Å². The predicted molar refractivity (Wildman–Crippen MR) is 130 cm³/mol. The summed E-state index contributed by atoms with van der Waals surface area (Å²) >= 11 is 0. The lowest BCUT2D eigenvalue weighted by atomic mass is 9.86. The van der Waals surface area contributed by atoms with E-state index >= 15 is 0 Å². The zero-order valence-electron chi connectivity index (χ0n) is 19.6. The molecule has 0 saturated carbocycles. The van der Waals surface area contributed by atoms with Crippen LogP contribution >= 0.6 is 0 Å². The van der Waals surface area contributed by atoms with Gasteiger partial charge in [0.05, 0.1) is 29.6 Å². The average molecular weight is 492 g/mol. The molecule has 0 radical (unpaired) electrons. The quantitative estimate of drug-likeness (QED) is 0.351. The summed E-state index contributed by atoms with van der Waals surface area (Å²) in [7, 11) is 1.51. The number of carboxylic acid groups (broad SMARTS) is 1. The molecule has 186 valence electrons. The number of pyridine rings is 2. The fourth-order valence-electron chi connectivity index (χ4n) is 4.87. The van der Waals surface area contributed by atoms with Crippen LogP contribution in [0.1, 0.15) is 40.5 Å². The highest BCUT2D eigenvalue weighted by molar-refractivity contribution is 5.94. The molecular formula is C25H25N5O6. The van der Waals surface area contributed by atoms with E-state index in [0.29, 0.717) is 65.9 Å². The van der Waals surface area contributed by atoms with E-state index < -0.39 is 23.6 Å². The highest BCUT2D eigenvalue weighted by Crippen LogP contribution is 2.38. The van der Waals surface area contributed by atoms with Crippen LogP contribution in [0.15, 0.2) is 45.6 Å². The van der Waals surface area contributed by atoms with Gasteiger partial charge in [0.1, 0.15) is 5.69 Å². The second-order valence-corrected chi connectivity index (χ2v) is 8.89. The number of carbonyl (C=O) groups is 2. The summed E-state index contributed by atoms with van der Waals surface area (Å²) in [6.07, 6.45) is 1.50. The Labute approximate surface area is 204 Å². The number of nitrogens with two attached hydrogens (primary N) is 1. The number of hydrogen-bond acceptors (Lipinski definition) is 8. The molecule has 4 aromatic rings. The summed E-state index contributed by atoms with van der Waals surface area (Å²) in [5, 5.41) is 9.76. The van der Waals surface area contributed by atoms with Crippen LogP contribution in [0.25, 0.3) is 22.1 Å². The first-order valence-corrected chi connectivity index (χ1v) is 11.6. The lowest BCUT2D eigenvalue weighted by Gasteiger charge is -2.39. The molecule has 11 heteroatoms. The van der Waals surface area contributed by atoms with Gasteiger partial charge < -0.3 is 20.0 Å². The molecule has 4 heterocycles. The van der Waals surface area contributed by atoms with Crippen LogP contribution < -0.4 is 16.2 Å². The number of aromatic nitrogens is 3. The number of fused-ring (bicyclic) bond motifs is 2. The van der Waals surface area contributed by atoms with Crippen molar-refractivity contribution in [2.24, 2.45) is 11.7 Å². The standard InChI is InChI=1S/C25H25N5O6/c1-35-21-5-3-16-22(29-21)15(12-18(27-16)23(26)31)19-11-14(24(32)33)7-9-30(19)8-6-13-2-4-20-17(10-13)28-25(34)36-20/h2-5,10,12,14,19H,6-9,11H2,1H3,(H2,26,31)(H,28,34)(H,32,33). The molecule has 2 atom stereocenters. The Bertz CT molecular complexity index is 1530. The predicted octanol–water partition coefficient (Wildman–Crippen LogP) is 2.25. The summed E-state index contributed by atoms with van der Waals surface area (Å²) in [5.74, 6) is -2.18. The number of piperidine rings is 1. The monoisotopic (exact) mass is 491 g/mol. The second-order valence-electron chi connectivity index (χ2n) is 8.89. The first-order chi connectivity index (χ1) is 17.3. The van der Waals surface area contributed by atoms with E-state index in [1.165, 1.54) is 7.11 Å². The van der Waals surface area contributed by atoms with Gasteiger partial charge in [0.2, 0.25) is 5.88 Å². The van der Waals surface area contributed by atoms with Gasteiger partial charge in [-0.15, -0.1) is 0 Å². The van der Waals surface area contributed by atoms with E-state index in [2.05, 4.69) is 19.9 Å². The number of ether oxygens (including phenoxy) is 1. The topological polar surface area (TPSA) is 165 Å². The first kappa shape index (κ1) is 23.5. The minimum absolute atomic E-state index is 0.0937. The minimum atomic E-state index is -0.854. The van der Waals surface area contributed by atoms with E-state index in [0.717, 1.165) is 5.56 Å². The number of amides is 1. The molecule has 1 aromatic carbocycles. The summed E-state index contributed by atoms with van der Waals surface area (Å²) in [6, 6.07) is 10.2. The number of rotatable bonds is 7. The van der Waals surface area contributed by atoms with Crippen molar-refractivity contribution in [3.63, 3.8) is 0 Å². The Morgan fingerprint density at radius 1 is 1.25 bits per heavy atom. The van der Waals surface area contributed by atoms with Gasteiger partial charge in [0.15, 0.2) is 5.58 Å². The Morgan fingerprint density at radius 2 is 2.08 bits per heavy atom. The smallest absolute Gasteiger partial charge is 0.417 e. The van der Waals surface area contributed by atoms with Crippen molar-refractivity contribution in [2.75, 3.05) is 20.2 Å². The zero-order chi connectivity index (χ0) is 25.4. The molecule has 0 aliphatic carbocycles. The molecule has 36 heavy (non-hydrogen) atoms. The number of hydrogen-bond donors (Lipinski definition) is 3. The molecular weight excluding hydrogens is 466 g/mol. The van der Waals surface area contributed by atoms with Crippen molar-refractivity contribution >= 4 is 34.0 Å². The molecule has 1 aliphatic heterocycles. The van der Waals surface area contributed by atoms with Crippen LogP contribution in [0.2, 0.25) is 0 Å². The molecule has 11 nitrogen and oxygen atoms in total. The van der Waals surface area contributed by atoms with Gasteiger partial charge in [-0.2, -0.15) is 0 Å². The van der Waals surface area contributed by atoms with Crippen molar-refractivity contribution in [2.45, 2.75) is 25.3 Å². The third kappa shape index (κ3) is 4.52.